The number of hydrogen-bond donors (Lipinski definition) is 2. The molecule has 2 aromatic carbocycles. The first-order chi connectivity index (χ1) is 15.4. The minimum atomic E-state index is -0.166. The molecule has 170 valence electrons. The third kappa shape index (κ3) is 5.98. The van der Waals surface area contributed by atoms with Crippen LogP contribution >= 0.6 is 0 Å². The highest BCUT2D eigenvalue weighted by Crippen LogP contribution is 2.19. The van der Waals surface area contributed by atoms with Crippen LogP contribution in [0, 0.1) is 13.8 Å². The van der Waals surface area contributed by atoms with Gasteiger partial charge in [0, 0.05) is 36.1 Å². The van der Waals surface area contributed by atoms with Crippen LogP contribution in [0.4, 0.5) is 4.79 Å². The largest absolute Gasteiger partial charge is 0.334 e. The number of aromatic nitrogens is 1. The van der Waals surface area contributed by atoms with Crippen LogP contribution in [0.15, 0.2) is 53.3 Å². The summed E-state index contributed by atoms with van der Waals surface area (Å²) < 4.78 is 0. The van der Waals surface area contributed by atoms with Crippen molar-refractivity contribution < 1.29 is 4.79 Å². The fraction of sp³-hybridized carbons (Fsp3) is 0.385. The summed E-state index contributed by atoms with van der Waals surface area (Å²) in [6.45, 7) is 12.2. The Morgan fingerprint density at radius 2 is 1.72 bits per heavy atom. The standard InChI is InChI=1S/C26H34N4O2/c1-5-29(6-2)12-13-30(26(32)27-17-21-10-8-7-9-11-21)18-22-16-23-20(4)14-19(3)15-24(23)28-25(22)31/h7-11,14-16H,5-6,12-13,17-18H2,1-4H3,(H,27,32)(H,28,31). The Morgan fingerprint density at radius 3 is 2.41 bits per heavy atom. The van der Waals surface area contributed by atoms with Gasteiger partial charge in [0.15, 0.2) is 0 Å². The summed E-state index contributed by atoms with van der Waals surface area (Å²) in [7, 11) is 0. The molecule has 0 saturated carbocycles. The Morgan fingerprint density at radius 1 is 1.00 bits per heavy atom. The summed E-state index contributed by atoms with van der Waals surface area (Å²) in [5.41, 5.74) is 4.55. The van der Waals surface area contributed by atoms with Gasteiger partial charge in [0.2, 0.25) is 0 Å². The lowest BCUT2D eigenvalue weighted by atomic mass is 10.0. The van der Waals surface area contributed by atoms with Gasteiger partial charge in [-0.25, -0.2) is 4.79 Å². The zero-order valence-electron chi connectivity index (χ0n) is 19.6. The number of carbonyl (C=O) groups excluding carboxylic acids is 1. The molecule has 0 aliphatic rings. The number of amides is 2. The van der Waals surface area contributed by atoms with Crippen LogP contribution in [0.5, 0.6) is 0 Å². The quantitative estimate of drug-likeness (QED) is 0.530. The molecule has 6 heteroatoms. The maximum Gasteiger partial charge on any atom is 0.318 e. The molecule has 0 atom stereocenters. The molecule has 3 aromatic rings. The molecule has 0 unspecified atom stereocenters. The van der Waals surface area contributed by atoms with Crippen LogP contribution in [-0.2, 0) is 13.1 Å². The van der Waals surface area contributed by atoms with Crippen molar-refractivity contribution in [3.05, 3.63) is 81.1 Å². The second kappa shape index (κ2) is 11.0. The maximum absolute atomic E-state index is 13.1. The number of aryl methyl sites for hydroxylation is 2. The molecule has 1 heterocycles. The van der Waals surface area contributed by atoms with Crippen molar-refractivity contribution in [2.45, 2.75) is 40.8 Å². The summed E-state index contributed by atoms with van der Waals surface area (Å²) in [6.07, 6.45) is 0. The average Bonchev–Trinajstić information content (AvgIpc) is 2.78. The zero-order chi connectivity index (χ0) is 23.1. The number of aromatic amines is 1. The van der Waals surface area contributed by atoms with Crippen LogP contribution in [0.25, 0.3) is 10.9 Å². The minimum Gasteiger partial charge on any atom is -0.334 e. The summed E-state index contributed by atoms with van der Waals surface area (Å²) in [4.78, 5) is 32.9. The van der Waals surface area contributed by atoms with Gasteiger partial charge in [-0.05, 0) is 55.8 Å². The Labute approximate surface area is 190 Å². The van der Waals surface area contributed by atoms with Gasteiger partial charge in [-0.2, -0.15) is 0 Å². The van der Waals surface area contributed by atoms with E-state index in [9.17, 15) is 9.59 Å². The van der Waals surface area contributed by atoms with Crippen molar-refractivity contribution in [2.75, 3.05) is 26.2 Å². The van der Waals surface area contributed by atoms with Gasteiger partial charge in [0.05, 0.1) is 6.54 Å². The lowest BCUT2D eigenvalue weighted by molar-refractivity contribution is 0.181. The monoisotopic (exact) mass is 434 g/mol. The second-order valence-corrected chi connectivity index (χ2v) is 8.26. The summed E-state index contributed by atoms with van der Waals surface area (Å²) in [6, 6.07) is 15.7. The van der Waals surface area contributed by atoms with E-state index in [1.807, 2.05) is 56.3 Å². The van der Waals surface area contributed by atoms with E-state index in [4.69, 9.17) is 0 Å². The van der Waals surface area contributed by atoms with E-state index < -0.39 is 0 Å². The number of rotatable bonds is 9. The number of urea groups is 1. The van der Waals surface area contributed by atoms with Crippen LogP contribution in [0.2, 0.25) is 0 Å². The van der Waals surface area contributed by atoms with Gasteiger partial charge < -0.3 is 20.1 Å². The Bertz CT molecular complexity index is 1100. The first-order valence-corrected chi connectivity index (χ1v) is 11.3. The van der Waals surface area contributed by atoms with Gasteiger partial charge in [0.1, 0.15) is 0 Å². The van der Waals surface area contributed by atoms with Gasteiger partial charge in [-0.1, -0.05) is 50.2 Å². The van der Waals surface area contributed by atoms with Crippen LogP contribution in [-0.4, -0.2) is 47.0 Å². The predicted octanol–water partition coefficient (Wildman–Crippen LogP) is 4.20. The Kier molecular flexibility index (Phi) is 8.06. The zero-order valence-corrected chi connectivity index (χ0v) is 19.6. The van der Waals surface area contributed by atoms with Gasteiger partial charge in [-0.15, -0.1) is 0 Å². The fourth-order valence-corrected chi connectivity index (χ4v) is 3.98. The highest BCUT2D eigenvalue weighted by atomic mass is 16.2. The number of benzene rings is 2. The van der Waals surface area contributed by atoms with Crippen LogP contribution in [0.1, 0.15) is 36.1 Å². The average molecular weight is 435 g/mol. The molecule has 6 nitrogen and oxygen atoms in total. The lowest BCUT2D eigenvalue weighted by Crippen LogP contribution is -2.44. The van der Waals surface area contributed by atoms with Crippen molar-refractivity contribution in [1.82, 2.24) is 20.1 Å². The second-order valence-electron chi connectivity index (χ2n) is 8.26. The molecule has 0 aliphatic heterocycles. The SMILES string of the molecule is CCN(CC)CCN(Cc1cc2c(C)cc(C)cc2[nH]c1=O)C(=O)NCc1ccccc1. The highest BCUT2D eigenvalue weighted by Gasteiger charge is 2.17. The molecular weight excluding hydrogens is 400 g/mol. The molecule has 0 radical (unpaired) electrons. The number of carbonyl (C=O) groups is 1. The van der Waals surface area contributed by atoms with Crippen LogP contribution in [0.3, 0.4) is 0 Å². The normalized spacial score (nSPS) is 11.2. The third-order valence-electron chi connectivity index (χ3n) is 5.91. The predicted molar refractivity (Wildman–Crippen MR) is 131 cm³/mol. The number of nitrogens with one attached hydrogen (secondary N) is 2. The van der Waals surface area contributed by atoms with Crippen molar-refractivity contribution in [1.29, 1.82) is 0 Å². The number of pyridine rings is 1. The summed E-state index contributed by atoms with van der Waals surface area (Å²) in [5.74, 6) is 0. The number of hydrogen-bond acceptors (Lipinski definition) is 3. The van der Waals surface area contributed by atoms with E-state index in [2.05, 4.69) is 35.1 Å². The summed E-state index contributed by atoms with van der Waals surface area (Å²) in [5, 5.41) is 4.02. The first-order valence-electron chi connectivity index (χ1n) is 11.3. The molecule has 0 fully saturated rings. The molecular formula is C26H34N4O2. The molecule has 0 bridgehead atoms. The van der Waals surface area contributed by atoms with Crippen LogP contribution < -0.4 is 10.9 Å². The third-order valence-corrected chi connectivity index (χ3v) is 5.91. The molecule has 3 rings (SSSR count). The molecule has 2 amide bonds. The molecule has 1 aromatic heterocycles. The summed E-state index contributed by atoms with van der Waals surface area (Å²) >= 11 is 0. The Balaban J connectivity index is 1.83. The van der Waals surface area contributed by atoms with Gasteiger partial charge >= 0.3 is 6.03 Å². The van der Waals surface area contributed by atoms with Crippen molar-refractivity contribution >= 4 is 16.9 Å². The van der Waals surface area contributed by atoms with Crippen molar-refractivity contribution in [3.63, 3.8) is 0 Å². The van der Waals surface area contributed by atoms with Crippen molar-refractivity contribution in [2.24, 2.45) is 0 Å². The number of H-pyrrole nitrogens is 1. The van der Waals surface area contributed by atoms with E-state index in [1.165, 1.54) is 0 Å². The van der Waals surface area contributed by atoms with E-state index in [1.54, 1.807) is 4.90 Å². The molecule has 0 spiro atoms. The maximum atomic E-state index is 13.1. The smallest absolute Gasteiger partial charge is 0.318 e. The lowest BCUT2D eigenvalue weighted by Gasteiger charge is -2.27. The first kappa shape index (κ1) is 23.5. The number of nitrogens with zero attached hydrogens (tertiary/aromatic N) is 2. The molecule has 0 aliphatic carbocycles. The topological polar surface area (TPSA) is 68.4 Å². The van der Waals surface area contributed by atoms with Gasteiger partial charge in [-0.3, -0.25) is 4.79 Å². The number of fused-ring (bicyclic) bond motifs is 1. The van der Waals surface area contributed by atoms with E-state index in [0.717, 1.165) is 47.2 Å². The number of likely N-dealkylation sites (N-methyl/N-ethyl adjacent to an activating group) is 1. The Hall–Kier alpha value is -3.12. The minimum absolute atomic E-state index is 0.147. The van der Waals surface area contributed by atoms with E-state index >= 15 is 0 Å². The highest BCUT2D eigenvalue weighted by molar-refractivity contribution is 5.83. The fourth-order valence-electron chi connectivity index (χ4n) is 3.98. The van der Waals surface area contributed by atoms with Crippen molar-refractivity contribution in [3.8, 4) is 0 Å². The van der Waals surface area contributed by atoms with E-state index in [0.29, 0.717) is 18.7 Å². The molecule has 32 heavy (non-hydrogen) atoms. The molecule has 2 N–H and O–H groups in total. The molecule has 0 saturated heterocycles. The van der Waals surface area contributed by atoms with E-state index in [-0.39, 0.29) is 18.1 Å². The van der Waals surface area contributed by atoms with Gasteiger partial charge in [0.25, 0.3) is 5.56 Å².